The molecule has 2 N–H and O–H groups in total. The minimum absolute atomic E-state index is 0.456. The number of carbonyl (C=O) groups is 2. The fourth-order valence-electron chi connectivity index (χ4n) is 5.90. The minimum Gasteiger partial charge on any atom is -0.493 e. The van der Waals surface area contributed by atoms with E-state index in [9.17, 15) is 19.8 Å². The van der Waals surface area contributed by atoms with Crippen LogP contribution in [0.1, 0.15) is 71.2 Å². The second-order valence-electron chi connectivity index (χ2n) is 11.4. The van der Waals surface area contributed by atoms with Gasteiger partial charge in [0.15, 0.2) is 13.2 Å². The molecule has 5 rings (SSSR count). The van der Waals surface area contributed by atoms with Crippen LogP contribution in [0, 0.1) is 0 Å². The molecule has 46 heavy (non-hydrogen) atoms. The fraction of sp³-hybridized carbons (Fsp3) is 0.316. The van der Waals surface area contributed by atoms with Crippen LogP contribution in [0.3, 0.4) is 0 Å². The van der Waals surface area contributed by atoms with Gasteiger partial charge in [0.2, 0.25) is 0 Å². The van der Waals surface area contributed by atoms with Gasteiger partial charge in [-0.2, -0.15) is 0 Å². The Morgan fingerprint density at radius 3 is 0.935 bits per heavy atom. The van der Waals surface area contributed by atoms with E-state index in [0.29, 0.717) is 50.4 Å². The van der Waals surface area contributed by atoms with E-state index in [4.69, 9.17) is 18.9 Å². The van der Waals surface area contributed by atoms with Crippen molar-refractivity contribution in [2.45, 2.75) is 52.4 Å². The van der Waals surface area contributed by atoms with Crippen molar-refractivity contribution >= 4 is 11.9 Å². The second kappa shape index (κ2) is 15.3. The van der Waals surface area contributed by atoms with Crippen LogP contribution in [0.15, 0.2) is 72.8 Å². The Labute approximate surface area is 269 Å². The van der Waals surface area contributed by atoms with E-state index in [1.165, 1.54) is 0 Å². The Hall–Kier alpha value is -4.98. The molecule has 0 amide bonds. The van der Waals surface area contributed by atoms with Crippen LogP contribution in [-0.4, -0.2) is 48.6 Å². The van der Waals surface area contributed by atoms with Gasteiger partial charge in [-0.15, -0.1) is 0 Å². The molecule has 0 radical (unpaired) electrons. The summed E-state index contributed by atoms with van der Waals surface area (Å²) >= 11 is 0. The van der Waals surface area contributed by atoms with Crippen LogP contribution in [-0.2, 0) is 35.3 Å². The first-order chi connectivity index (χ1) is 22.4. The summed E-state index contributed by atoms with van der Waals surface area (Å²) < 4.78 is 24.8. The van der Waals surface area contributed by atoms with Gasteiger partial charge < -0.3 is 29.2 Å². The topological polar surface area (TPSA) is 112 Å². The standard InChI is InChI=1S/C38H40O8/c1-3-17-43-35-25-9-5-10-26(35)20-30-14-8-16-32(38(30)46-24-34(41)42)22-28-12-6-11-27(36(28)44-18-4-2)21-31-15-7-13-29(19-25)37(31)45-23-33(39)40/h5-16H,3-4,17-24H2,1-2H3,(H,39,40)(H,41,42). The van der Waals surface area contributed by atoms with E-state index in [2.05, 4.69) is 13.8 Å². The van der Waals surface area contributed by atoms with Crippen molar-refractivity contribution in [3.05, 3.63) is 117 Å². The SMILES string of the molecule is CCCOc1c2cccc1Cc1cccc(c1OCC(=O)O)Cc1cccc(c1OCCC)Cc1cccc(c1OCC(=O)O)C2. The smallest absolute Gasteiger partial charge is 0.341 e. The van der Waals surface area contributed by atoms with Crippen molar-refractivity contribution in [2.75, 3.05) is 26.4 Å². The van der Waals surface area contributed by atoms with E-state index < -0.39 is 25.2 Å². The lowest BCUT2D eigenvalue weighted by Gasteiger charge is -2.22. The summed E-state index contributed by atoms with van der Waals surface area (Å²) in [5, 5.41) is 19.1. The van der Waals surface area contributed by atoms with Gasteiger partial charge in [0.05, 0.1) is 13.2 Å². The lowest BCUT2D eigenvalue weighted by Crippen LogP contribution is -2.14. The molecular weight excluding hydrogens is 584 g/mol. The Morgan fingerprint density at radius 1 is 0.478 bits per heavy atom. The van der Waals surface area contributed by atoms with E-state index >= 15 is 0 Å². The van der Waals surface area contributed by atoms with Crippen LogP contribution < -0.4 is 18.9 Å². The van der Waals surface area contributed by atoms with Crippen molar-refractivity contribution in [1.29, 1.82) is 0 Å². The van der Waals surface area contributed by atoms with Gasteiger partial charge in [0, 0.05) is 25.7 Å². The Balaban J connectivity index is 1.75. The molecule has 0 fully saturated rings. The summed E-state index contributed by atoms with van der Waals surface area (Å²) in [5.74, 6) is 0.499. The quantitative estimate of drug-likeness (QED) is 0.155. The number of para-hydroxylation sites is 4. The average Bonchev–Trinajstić information content (AvgIpc) is 3.03. The first kappa shape index (κ1) is 32.4. The van der Waals surface area contributed by atoms with Crippen LogP contribution in [0.2, 0.25) is 0 Å². The maximum atomic E-state index is 11.6. The summed E-state index contributed by atoms with van der Waals surface area (Å²) in [6, 6.07) is 23.9. The molecule has 8 bridgehead atoms. The van der Waals surface area contributed by atoms with Gasteiger partial charge in [-0.3, -0.25) is 0 Å². The predicted molar refractivity (Wildman–Crippen MR) is 175 cm³/mol. The lowest BCUT2D eigenvalue weighted by atomic mass is 9.91. The normalized spacial score (nSPS) is 12.2. The molecule has 0 atom stereocenters. The predicted octanol–water partition coefficient (Wildman–Crippen LogP) is 6.87. The number of benzene rings is 4. The number of aliphatic carboxylic acids is 2. The van der Waals surface area contributed by atoms with Gasteiger partial charge >= 0.3 is 11.9 Å². The van der Waals surface area contributed by atoms with Gasteiger partial charge in [-0.05, 0) is 57.3 Å². The van der Waals surface area contributed by atoms with Gasteiger partial charge in [0.1, 0.15) is 23.0 Å². The van der Waals surface area contributed by atoms with Crippen LogP contribution in [0.4, 0.5) is 0 Å². The lowest BCUT2D eigenvalue weighted by molar-refractivity contribution is -0.140. The maximum absolute atomic E-state index is 11.6. The van der Waals surface area contributed by atoms with Crippen molar-refractivity contribution in [2.24, 2.45) is 0 Å². The largest absolute Gasteiger partial charge is 0.493 e. The Kier molecular flexibility index (Phi) is 10.8. The molecule has 4 aromatic carbocycles. The number of rotatable bonds is 12. The highest BCUT2D eigenvalue weighted by atomic mass is 16.5. The summed E-state index contributed by atoms with van der Waals surface area (Å²) in [6.45, 7) is 4.22. The third kappa shape index (κ3) is 7.80. The minimum atomic E-state index is -1.05. The molecule has 8 nitrogen and oxygen atoms in total. The molecule has 0 aromatic heterocycles. The molecule has 0 unspecified atom stereocenters. The molecule has 240 valence electrons. The monoisotopic (exact) mass is 624 g/mol. The molecule has 0 spiro atoms. The molecule has 4 aromatic rings. The molecular formula is C38H40O8. The second-order valence-corrected chi connectivity index (χ2v) is 11.4. The molecule has 8 heteroatoms. The van der Waals surface area contributed by atoms with Crippen LogP contribution in [0.25, 0.3) is 0 Å². The fourth-order valence-corrected chi connectivity index (χ4v) is 5.90. The van der Waals surface area contributed by atoms with Gasteiger partial charge in [0.25, 0.3) is 0 Å². The Bertz CT molecular complexity index is 1480. The van der Waals surface area contributed by atoms with Crippen molar-refractivity contribution < 1.29 is 38.7 Å². The molecule has 1 aliphatic carbocycles. The Morgan fingerprint density at radius 2 is 0.717 bits per heavy atom. The van der Waals surface area contributed by atoms with Gasteiger partial charge in [-0.1, -0.05) is 86.6 Å². The van der Waals surface area contributed by atoms with E-state index in [1.54, 1.807) is 0 Å². The summed E-state index contributed by atoms with van der Waals surface area (Å²) in [6.07, 6.45) is 3.46. The highest BCUT2D eigenvalue weighted by Gasteiger charge is 2.22. The highest BCUT2D eigenvalue weighted by Crippen LogP contribution is 2.38. The van der Waals surface area contributed by atoms with Gasteiger partial charge in [-0.25, -0.2) is 9.59 Å². The number of hydrogen-bond donors (Lipinski definition) is 2. The summed E-state index contributed by atoms with van der Waals surface area (Å²) in [4.78, 5) is 23.3. The number of hydrogen-bond acceptors (Lipinski definition) is 6. The van der Waals surface area contributed by atoms with E-state index in [1.807, 2.05) is 72.8 Å². The highest BCUT2D eigenvalue weighted by molar-refractivity contribution is 5.69. The third-order valence-corrected chi connectivity index (χ3v) is 7.82. The van der Waals surface area contributed by atoms with Crippen molar-refractivity contribution in [1.82, 2.24) is 0 Å². The zero-order valence-electron chi connectivity index (χ0n) is 26.3. The molecule has 0 heterocycles. The van der Waals surface area contributed by atoms with E-state index in [0.717, 1.165) is 68.8 Å². The molecule has 0 saturated heterocycles. The molecule has 0 aliphatic heterocycles. The first-order valence-electron chi connectivity index (χ1n) is 15.8. The average molecular weight is 625 g/mol. The zero-order valence-corrected chi connectivity index (χ0v) is 26.3. The van der Waals surface area contributed by atoms with Crippen LogP contribution >= 0.6 is 0 Å². The number of fused-ring (bicyclic) bond motifs is 8. The van der Waals surface area contributed by atoms with Crippen molar-refractivity contribution in [3.63, 3.8) is 0 Å². The maximum Gasteiger partial charge on any atom is 0.341 e. The number of ether oxygens (including phenoxy) is 4. The number of carboxylic acids is 2. The number of carboxylic acid groups (broad SMARTS) is 2. The van der Waals surface area contributed by atoms with E-state index in [-0.39, 0.29) is 0 Å². The first-order valence-corrected chi connectivity index (χ1v) is 15.8. The van der Waals surface area contributed by atoms with Crippen LogP contribution in [0.5, 0.6) is 23.0 Å². The molecule has 0 saturated carbocycles. The summed E-state index contributed by atoms with van der Waals surface area (Å²) in [5.41, 5.74) is 7.16. The molecule has 1 aliphatic rings. The third-order valence-electron chi connectivity index (χ3n) is 7.82. The zero-order chi connectivity index (χ0) is 32.5. The van der Waals surface area contributed by atoms with Crippen molar-refractivity contribution in [3.8, 4) is 23.0 Å². The summed E-state index contributed by atoms with van der Waals surface area (Å²) in [7, 11) is 0.